The van der Waals surface area contributed by atoms with Gasteiger partial charge in [0.1, 0.15) is 24.7 Å². The van der Waals surface area contributed by atoms with Gasteiger partial charge in [0.15, 0.2) is 0 Å². The Bertz CT molecular complexity index is 493. The van der Waals surface area contributed by atoms with E-state index in [4.69, 9.17) is 23.2 Å². The van der Waals surface area contributed by atoms with Crippen molar-refractivity contribution in [3.05, 3.63) is 30.2 Å². The van der Waals surface area contributed by atoms with E-state index in [1.807, 2.05) is 0 Å². The quantitative estimate of drug-likeness (QED) is 0.368. The van der Waals surface area contributed by atoms with Gasteiger partial charge in [-0.3, -0.25) is 4.57 Å². The van der Waals surface area contributed by atoms with Crippen molar-refractivity contribution < 1.29 is 0 Å². The van der Waals surface area contributed by atoms with Crippen LogP contribution in [0.2, 0.25) is 10.4 Å². The molecule has 2 rings (SSSR count). The van der Waals surface area contributed by atoms with Gasteiger partial charge in [-0.25, -0.2) is 9.97 Å². The lowest BCUT2D eigenvalue weighted by atomic mass is 10.6. The van der Waals surface area contributed by atoms with Crippen LogP contribution in [0.3, 0.4) is 0 Å². The fourth-order valence-electron chi connectivity index (χ4n) is 0.974. The number of nitrogens with zero attached hydrogens (tertiary/aromatic N) is 4. The summed E-state index contributed by atoms with van der Waals surface area (Å²) in [5.41, 5.74) is 0. The van der Waals surface area contributed by atoms with Crippen LogP contribution in [0.25, 0.3) is 5.82 Å². The third-order valence-corrected chi connectivity index (χ3v) is 4.78. The van der Waals surface area contributed by atoms with Gasteiger partial charge in [0.25, 0.3) is 0 Å². The fourth-order valence-corrected chi connectivity index (χ4v) is 2.27. The molecule has 2 heterocycles. The van der Waals surface area contributed by atoms with Crippen molar-refractivity contribution in [1.82, 2.24) is 19.5 Å². The summed E-state index contributed by atoms with van der Waals surface area (Å²) >= 11 is 15.8. The summed E-state index contributed by atoms with van der Waals surface area (Å²) in [6.07, 6.45) is 1.67. The summed E-state index contributed by atoms with van der Waals surface area (Å²) in [6.45, 7) is 0. The maximum Gasteiger partial charge on any atom is 0.225 e. The van der Waals surface area contributed by atoms with Gasteiger partial charge >= 0.3 is 0 Å². The summed E-state index contributed by atoms with van der Waals surface area (Å²) in [4.78, 5) is 12.0. The molecule has 4 nitrogen and oxygen atoms in total. The molecular weight excluding hydrogens is 465 g/mol. The van der Waals surface area contributed by atoms with Crippen molar-refractivity contribution in [3.63, 3.8) is 0 Å². The van der Waals surface area contributed by atoms with Crippen molar-refractivity contribution >= 4 is 68.4 Å². The van der Waals surface area contributed by atoms with Crippen molar-refractivity contribution in [1.29, 1.82) is 0 Å². The van der Waals surface area contributed by atoms with Gasteiger partial charge in [0.2, 0.25) is 5.28 Å². The molecule has 0 aromatic carbocycles. The maximum atomic E-state index is 5.79. The highest BCUT2D eigenvalue weighted by Gasteiger charge is 2.09. The third kappa shape index (κ3) is 2.53. The maximum absolute atomic E-state index is 5.79. The molecule has 0 aliphatic rings. The predicted octanol–water partition coefficient (Wildman–Crippen LogP) is 3.18. The second kappa shape index (κ2) is 4.68. The molecule has 0 spiro atoms. The fraction of sp³-hybridized carbons (Fsp3) is 0. The number of halogens is 4. The molecule has 0 fully saturated rings. The van der Waals surface area contributed by atoms with Crippen LogP contribution < -0.4 is 0 Å². The van der Waals surface area contributed by atoms with E-state index in [2.05, 4.69) is 60.1 Å². The van der Waals surface area contributed by atoms with Crippen molar-refractivity contribution in [2.24, 2.45) is 0 Å². The Balaban J connectivity index is 2.58. The van der Waals surface area contributed by atoms with E-state index >= 15 is 0 Å². The second-order valence-corrected chi connectivity index (χ2v) is 5.28. The summed E-state index contributed by atoms with van der Waals surface area (Å²) in [5, 5.41) is 0.432. The molecule has 0 amide bonds. The lowest BCUT2D eigenvalue weighted by Crippen LogP contribution is -2.00. The van der Waals surface area contributed by atoms with Gasteiger partial charge in [0.05, 0.1) is 0 Å². The molecule has 0 saturated heterocycles. The van der Waals surface area contributed by atoms with Crippen LogP contribution >= 0.6 is 68.4 Å². The van der Waals surface area contributed by atoms with Crippen LogP contribution in [-0.2, 0) is 0 Å². The molecule has 0 radical (unpaired) electrons. The molecule has 0 saturated carbocycles. The van der Waals surface area contributed by atoms with Crippen molar-refractivity contribution in [3.8, 4) is 5.82 Å². The molecule has 78 valence electrons. The summed E-state index contributed by atoms with van der Waals surface area (Å²) in [5.74, 6) is 0.611. The van der Waals surface area contributed by atoms with Crippen LogP contribution in [0.4, 0.5) is 0 Å². The van der Waals surface area contributed by atoms with Gasteiger partial charge in [-0.05, 0) is 56.8 Å². The molecule has 15 heavy (non-hydrogen) atoms. The zero-order valence-corrected chi connectivity index (χ0v) is 12.8. The van der Waals surface area contributed by atoms with Crippen molar-refractivity contribution in [2.75, 3.05) is 0 Å². The zero-order valence-electron chi connectivity index (χ0n) is 6.96. The van der Waals surface area contributed by atoms with E-state index < -0.39 is 0 Å². The molecule has 2 aromatic rings. The largest absolute Gasteiger partial charge is 0.277 e. The lowest BCUT2D eigenvalue weighted by Gasteiger charge is -2.03. The first-order valence-electron chi connectivity index (χ1n) is 3.66. The van der Waals surface area contributed by atoms with E-state index in [1.165, 1.54) is 0 Å². The molecule has 0 aliphatic carbocycles. The Hall–Kier alpha value is 0.330. The Morgan fingerprint density at radius 3 is 2.47 bits per heavy atom. The van der Waals surface area contributed by atoms with E-state index in [1.54, 1.807) is 17.0 Å². The van der Waals surface area contributed by atoms with Gasteiger partial charge in [-0.15, -0.1) is 0 Å². The van der Waals surface area contributed by atoms with Crippen molar-refractivity contribution in [2.45, 2.75) is 0 Å². The first-order chi connectivity index (χ1) is 7.08. The minimum atomic E-state index is 0.122. The topological polar surface area (TPSA) is 43.6 Å². The Kier molecular flexibility index (Phi) is 3.68. The Morgan fingerprint density at radius 1 is 1.20 bits per heavy atom. The predicted molar refractivity (Wildman–Crippen MR) is 74.6 cm³/mol. The molecule has 2 aromatic heterocycles. The molecular formula is C7H2Cl2I2N4. The second-order valence-electron chi connectivity index (χ2n) is 2.51. The van der Waals surface area contributed by atoms with Crippen LogP contribution in [0.1, 0.15) is 0 Å². The molecule has 0 N–H and O–H groups in total. The van der Waals surface area contributed by atoms with E-state index in [-0.39, 0.29) is 5.28 Å². The molecule has 0 bridgehead atoms. The number of hydrogen-bond donors (Lipinski definition) is 0. The minimum Gasteiger partial charge on any atom is -0.277 e. The molecule has 0 aliphatic heterocycles. The highest BCUT2D eigenvalue weighted by Crippen LogP contribution is 2.19. The van der Waals surface area contributed by atoms with Gasteiger partial charge in [-0.1, -0.05) is 11.6 Å². The number of imidazole rings is 1. The summed E-state index contributed by atoms with van der Waals surface area (Å²) in [6, 6.07) is 1.63. The summed E-state index contributed by atoms with van der Waals surface area (Å²) < 4.78 is 3.65. The minimum absolute atomic E-state index is 0.122. The molecule has 8 heteroatoms. The van der Waals surface area contributed by atoms with E-state index in [0.29, 0.717) is 11.0 Å². The molecule has 0 atom stereocenters. The van der Waals surface area contributed by atoms with Gasteiger partial charge in [-0.2, -0.15) is 4.98 Å². The highest BCUT2D eigenvalue weighted by molar-refractivity contribution is 14.1. The number of rotatable bonds is 1. The van der Waals surface area contributed by atoms with Crippen LogP contribution in [0, 0.1) is 7.40 Å². The van der Waals surface area contributed by atoms with Crippen LogP contribution in [0.5, 0.6) is 0 Å². The van der Waals surface area contributed by atoms with Crippen LogP contribution in [0.15, 0.2) is 12.4 Å². The zero-order chi connectivity index (χ0) is 11.0. The first kappa shape index (κ1) is 11.8. The number of aromatic nitrogens is 4. The van der Waals surface area contributed by atoms with E-state index in [9.17, 15) is 0 Å². The Morgan fingerprint density at radius 2 is 1.93 bits per heavy atom. The SMILES string of the molecule is Clc1cc(-n2cnc(I)c2I)nc(Cl)n1. The average Bonchev–Trinajstić information content (AvgIpc) is 2.46. The monoisotopic (exact) mass is 466 g/mol. The first-order valence-corrected chi connectivity index (χ1v) is 6.58. The number of hydrogen-bond acceptors (Lipinski definition) is 3. The van der Waals surface area contributed by atoms with Gasteiger partial charge < -0.3 is 0 Å². The van der Waals surface area contributed by atoms with Crippen LogP contribution in [-0.4, -0.2) is 19.5 Å². The summed E-state index contributed by atoms with van der Waals surface area (Å²) in [7, 11) is 0. The normalized spacial score (nSPS) is 10.7. The average molecular weight is 467 g/mol. The Labute approximate surface area is 123 Å². The lowest BCUT2D eigenvalue weighted by molar-refractivity contribution is 0.951. The van der Waals surface area contributed by atoms with E-state index in [0.717, 1.165) is 7.40 Å². The smallest absolute Gasteiger partial charge is 0.225 e. The highest BCUT2D eigenvalue weighted by atomic mass is 127. The third-order valence-electron chi connectivity index (χ3n) is 1.57. The van der Waals surface area contributed by atoms with Gasteiger partial charge in [0, 0.05) is 6.07 Å². The molecule has 0 unspecified atom stereocenters. The standard InChI is InChI=1S/C7H2Cl2I2N4/c8-3-1-4(14-7(9)13-3)15-2-12-5(10)6(15)11/h1-2H.